The summed E-state index contributed by atoms with van der Waals surface area (Å²) in [6.45, 7) is 5.79. The first-order valence-corrected chi connectivity index (χ1v) is 9.20. The van der Waals surface area contributed by atoms with Gasteiger partial charge in [-0.15, -0.1) is 0 Å². The lowest BCUT2D eigenvalue weighted by Gasteiger charge is -2.36. The molecular formula is C20H26N4O. The molecule has 2 aromatic rings. The summed E-state index contributed by atoms with van der Waals surface area (Å²) in [5, 5.41) is 0. The molecule has 5 nitrogen and oxygen atoms in total. The molecule has 132 valence electrons. The largest absolute Gasteiger partial charge is 0.354 e. The maximum atomic E-state index is 13.0. The third-order valence-electron chi connectivity index (χ3n) is 4.89. The van der Waals surface area contributed by atoms with Crippen LogP contribution in [0.2, 0.25) is 0 Å². The molecule has 1 saturated heterocycles. The number of nitrogens with zero attached hydrogens (tertiary/aromatic N) is 4. The van der Waals surface area contributed by atoms with Crippen LogP contribution in [0.5, 0.6) is 0 Å². The third kappa shape index (κ3) is 3.81. The zero-order valence-electron chi connectivity index (χ0n) is 15.1. The van der Waals surface area contributed by atoms with E-state index in [1.165, 1.54) is 25.6 Å². The lowest BCUT2D eigenvalue weighted by molar-refractivity contribution is 0.0983. The second kappa shape index (κ2) is 8.10. The van der Waals surface area contributed by atoms with Crippen LogP contribution in [0.3, 0.4) is 0 Å². The monoisotopic (exact) mass is 338 g/mol. The van der Waals surface area contributed by atoms with Crippen LogP contribution in [0, 0.1) is 0 Å². The van der Waals surface area contributed by atoms with Crippen LogP contribution in [-0.4, -0.2) is 35.0 Å². The highest BCUT2D eigenvalue weighted by Crippen LogP contribution is 2.25. The van der Waals surface area contributed by atoms with E-state index >= 15 is 0 Å². The quantitative estimate of drug-likeness (QED) is 0.829. The Morgan fingerprint density at radius 3 is 2.72 bits per heavy atom. The van der Waals surface area contributed by atoms with Gasteiger partial charge in [0.15, 0.2) is 0 Å². The molecule has 0 aliphatic carbocycles. The van der Waals surface area contributed by atoms with Crippen molar-refractivity contribution in [3.05, 3.63) is 48.4 Å². The van der Waals surface area contributed by atoms with E-state index in [9.17, 15) is 4.79 Å². The summed E-state index contributed by atoms with van der Waals surface area (Å²) in [5.74, 6) is 0.788. The van der Waals surface area contributed by atoms with Gasteiger partial charge in [-0.2, -0.15) is 0 Å². The highest BCUT2D eigenvalue weighted by molar-refractivity contribution is 6.05. The lowest BCUT2D eigenvalue weighted by atomic mass is 10.00. The summed E-state index contributed by atoms with van der Waals surface area (Å²) < 4.78 is 0. The van der Waals surface area contributed by atoms with E-state index in [1.807, 2.05) is 43.3 Å². The van der Waals surface area contributed by atoms with Gasteiger partial charge in [-0.25, -0.2) is 9.97 Å². The Bertz CT molecular complexity index is 704. The molecule has 1 atom stereocenters. The predicted molar refractivity (Wildman–Crippen MR) is 101 cm³/mol. The van der Waals surface area contributed by atoms with Crippen LogP contribution in [0.4, 0.5) is 11.5 Å². The second-order valence-electron chi connectivity index (χ2n) is 6.40. The summed E-state index contributed by atoms with van der Waals surface area (Å²) in [6, 6.07) is 12.1. The molecule has 3 rings (SSSR count). The van der Waals surface area contributed by atoms with Crippen molar-refractivity contribution in [2.75, 3.05) is 22.9 Å². The van der Waals surface area contributed by atoms with Crippen LogP contribution in [0.15, 0.2) is 42.7 Å². The fourth-order valence-electron chi connectivity index (χ4n) is 3.54. The van der Waals surface area contributed by atoms with Gasteiger partial charge in [-0.3, -0.25) is 4.79 Å². The molecule has 0 radical (unpaired) electrons. The Hall–Kier alpha value is -2.43. The van der Waals surface area contributed by atoms with Crippen LogP contribution < -0.4 is 9.80 Å². The van der Waals surface area contributed by atoms with Crippen molar-refractivity contribution >= 4 is 17.4 Å². The Kier molecular flexibility index (Phi) is 5.64. The number of hydrogen-bond acceptors (Lipinski definition) is 4. The van der Waals surface area contributed by atoms with Crippen molar-refractivity contribution < 1.29 is 4.79 Å². The van der Waals surface area contributed by atoms with Gasteiger partial charge in [0.2, 0.25) is 0 Å². The van der Waals surface area contributed by atoms with Crippen molar-refractivity contribution in [1.82, 2.24) is 9.97 Å². The van der Waals surface area contributed by atoms with Crippen molar-refractivity contribution in [3.63, 3.8) is 0 Å². The summed E-state index contributed by atoms with van der Waals surface area (Å²) in [6.07, 6.45) is 6.24. The molecule has 1 unspecified atom stereocenters. The Labute approximate surface area is 149 Å². The van der Waals surface area contributed by atoms with E-state index in [4.69, 9.17) is 0 Å². The predicted octanol–water partition coefficient (Wildman–Crippen LogP) is 3.91. The minimum Gasteiger partial charge on any atom is -0.354 e. The lowest BCUT2D eigenvalue weighted by Crippen LogP contribution is -2.40. The zero-order valence-corrected chi connectivity index (χ0v) is 15.1. The number of para-hydroxylation sites is 1. The number of carbonyl (C=O) groups excluding carboxylic acids is 1. The molecule has 2 heterocycles. The van der Waals surface area contributed by atoms with Gasteiger partial charge < -0.3 is 9.80 Å². The van der Waals surface area contributed by atoms with Gasteiger partial charge in [-0.1, -0.05) is 25.1 Å². The van der Waals surface area contributed by atoms with E-state index < -0.39 is 0 Å². The molecule has 0 N–H and O–H groups in total. The van der Waals surface area contributed by atoms with E-state index in [0.29, 0.717) is 18.3 Å². The Morgan fingerprint density at radius 2 is 2.00 bits per heavy atom. The molecule has 1 aliphatic heterocycles. The van der Waals surface area contributed by atoms with Gasteiger partial charge >= 0.3 is 0 Å². The maximum absolute atomic E-state index is 13.0. The van der Waals surface area contributed by atoms with E-state index in [1.54, 1.807) is 4.90 Å². The number of aromatic nitrogens is 2. The van der Waals surface area contributed by atoms with Crippen LogP contribution in [0.25, 0.3) is 0 Å². The van der Waals surface area contributed by atoms with Gasteiger partial charge in [0, 0.05) is 30.9 Å². The average molecular weight is 338 g/mol. The zero-order chi connectivity index (χ0) is 17.6. The molecule has 1 aliphatic rings. The summed E-state index contributed by atoms with van der Waals surface area (Å²) in [5.41, 5.74) is 1.34. The molecule has 5 heteroatoms. The second-order valence-corrected chi connectivity index (χ2v) is 6.40. The minimum absolute atomic E-state index is 0.0811. The molecule has 1 aromatic heterocycles. The van der Waals surface area contributed by atoms with Crippen LogP contribution in [-0.2, 0) is 0 Å². The van der Waals surface area contributed by atoms with Crippen molar-refractivity contribution in [3.8, 4) is 0 Å². The van der Waals surface area contributed by atoms with E-state index in [-0.39, 0.29) is 5.91 Å². The standard InChI is InChI=1S/C20H26N4O/c1-3-16-10-8-9-13-24(16)19-14-18(21-15-22-19)20(25)23(4-2)17-11-6-5-7-12-17/h5-7,11-12,14-16H,3-4,8-10,13H2,1-2H3. The van der Waals surface area contributed by atoms with E-state index in [2.05, 4.69) is 21.8 Å². The number of hydrogen-bond donors (Lipinski definition) is 0. The summed E-state index contributed by atoms with van der Waals surface area (Å²) >= 11 is 0. The number of piperidine rings is 1. The molecule has 0 spiro atoms. The summed E-state index contributed by atoms with van der Waals surface area (Å²) in [4.78, 5) is 25.8. The molecule has 1 aromatic carbocycles. The smallest absolute Gasteiger partial charge is 0.277 e. The SMILES string of the molecule is CCC1CCCCN1c1cc(C(=O)N(CC)c2ccccc2)ncn1. The van der Waals surface area contributed by atoms with Crippen molar-refractivity contribution in [2.45, 2.75) is 45.6 Å². The van der Waals surface area contributed by atoms with Gasteiger partial charge in [0.1, 0.15) is 17.8 Å². The number of anilines is 2. The van der Waals surface area contributed by atoms with Crippen LogP contribution >= 0.6 is 0 Å². The molecule has 1 fully saturated rings. The average Bonchev–Trinajstić information content (AvgIpc) is 2.69. The molecular weight excluding hydrogens is 312 g/mol. The first kappa shape index (κ1) is 17.4. The van der Waals surface area contributed by atoms with Gasteiger partial charge in [0.05, 0.1) is 0 Å². The molecule has 0 bridgehead atoms. The van der Waals surface area contributed by atoms with E-state index in [0.717, 1.165) is 24.5 Å². The fourth-order valence-corrected chi connectivity index (χ4v) is 3.54. The highest BCUT2D eigenvalue weighted by Gasteiger charge is 2.24. The fraction of sp³-hybridized carbons (Fsp3) is 0.450. The third-order valence-corrected chi connectivity index (χ3v) is 4.89. The number of rotatable bonds is 5. The van der Waals surface area contributed by atoms with Crippen molar-refractivity contribution in [2.24, 2.45) is 0 Å². The molecule has 1 amide bonds. The molecule has 0 saturated carbocycles. The highest BCUT2D eigenvalue weighted by atomic mass is 16.2. The van der Waals surface area contributed by atoms with Crippen molar-refractivity contribution in [1.29, 1.82) is 0 Å². The number of carbonyl (C=O) groups is 1. The normalized spacial score (nSPS) is 17.4. The molecule has 25 heavy (non-hydrogen) atoms. The van der Waals surface area contributed by atoms with Crippen LogP contribution in [0.1, 0.15) is 50.0 Å². The van der Waals surface area contributed by atoms with Gasteiger partial charge in [-0.05, 0) is 44.7 Å². The number of amides is 1. The Balaban J connectivity index is 1.86. The maximum Gasteiger partial charge on any atom is 0.277 e. The Morgan fingerprint density at radius 1 is 1.20 bits per heavy atom. The number of benzene rings is 1. The topological polar surface area (TPSA) is 49.3 Å². The van der Waals surface area contributed by atoms with Gasteiger partial charge in [0.25, 0.3) is 5.91 Å². The summed E-state index contributed by atoms with van der Waals surface area (Å²) in [7, 11) is 0. The first-order valence-electron chi connectivity index (χ1n) is 9.20. The minimum atomic E-state index is -0.0811. The first-order chi connectivity index (χ1) is 12.2.